The molecule has 0 amide bonds. The van der Waals surface area contributed by atoms with Gasteiger partial charge in [0, 0.05) is 25.9 Å². The second-order valence-electron chi connectivity index (χ2n) is 6.21. The van der Waals surface area contributed by atoms with Gasteiger partial charge in [0.15, 0.2) is 0 Å². The lowest BCUT2D eigenvalue weighted by molar-refractivity contribution is -0.113. The summed E-state index contributed by atoms with van der Waals surface area (Å²) in [7, 11) is 1.74. The lowest BCUT2D eigenvalue weighted by Gasteiger charge is -2.41. The molecule has 0 bridgehead atoms. The van der Waals surface area contributed by atoms with Crippen molar-refractivity contribution in [3.63, 3.8) is 0 Å². The quantitative estimate of drug-likeness (QED) is 0.848. The van der Waals surface area contributed by atoms with E-state index in [2.05, 4.69) is 49.7 Å². The fourth-order valence-corrected chi connectivity index (χ4v) is 2.36. The van der Waals surface area contributed by atoms with Gasteiger partial charge in [-0.15, -0.1) is 0 Å². The van der Waals surface area contributed by atoms with Crippen LogP contribution in [-0.4, -0.2) is 43.5 Å². The average Bonchev–Trinajstić information content (AvgIpc) is 2.47. The molecule has 1 aliphatic rings. The summed E-state index contributed by atoms with van der Waals surface area (Å²) in [6.45, 7) is 10.9. The molecule has 1 atom stereocenters. The van der Waals surface area contributed by atoms with Crippen LogP contribution in [0, 0.1) is 0 Å². The van der Waals surface area contributed by atoms with E-state index in [0.29, 0.717) is 5.92 Å². The molecule has 1 aliphatic heterocycles. The van der Waals surface area contributed by atoms with Crippen molar-refractivity contribution < 1.29 is 9.47 Å². The van der Waals surface area contributed by atoms with Crippen LogP contribution in [0.5, 0.6) is 0 Å². The third kappa shape index (κ3) is 3.30. The van der Waals surface area contributed by atoms with E-state index in [4.69, 9.17) is 9.47 Å². The second-order valence-corrected chi connectivity index (χ2v) is 6.21. The first-order chi connectivity index (χ1) is 9.44. The number of nitrogens with zero attached hydrogens (tertiary/aromatic N) is 2. The van der Waals surface area contributed by atoms with Crippen LogP contribution in [0.2, 0.25) is 0 Å². The van der Waals surface area contributed by atoms with Crippen LogP contribution in [-0.2, 0) is 9.47 Å². The number of ether oxygens (including phenoxy) is 2. The largest absolute Gasteiger partial charge is 0.376 e. The maximum atomic E-state index is 5.86. The summed E-state index contributed by atoms with van der Waals surface area (Å²) in [4.78, 5) is 6.87. The van der Waals surface area contributed by atoms with Crippen molar-refractivity contribution >= 4 is 5.69 Å². The summed E-state index contributed by atoms with van der Waals surface area (Å²) >= 11 is 0. The first kappa shape index (κ1) is 15.3. The highest BCUT2D eigenvalue weighted by molar-refractivity contribution is 5.45. The Morgan fingerprint density at radius 2 is 2.15 bits per heavy atom. The molecule has 0 spiro atoms. The fraction of sp³-hybridized carbons (Fsp3) is 0.688. The van der Waals surface area contributed by atoms with E-state index >= 15 is 0 Å². The van der Waals surface area contributed by atoms with Crippen molar-refractivity contribution in [3.05, 3.63) is 24.0 Å². The van der Waals surface area contributed by atoms with E-state index in [0.717, 1.165) is 31.1 Å². The number of anilines is 1. The minimum atomic E-state index is -0.274. The summed E-state index contributed by atoms with van der Waals surface area (Å²) in [5, 5.41) is 0. The molecule has 1 aromatic rings. The van der Waals surface area contributed by atoms with Gasteiger partial charge in [0.05, 0.1) is 24.1 Å². The molecule has 2 rings (SSSR count). The first-order valence-electron chi connectivity index (χ1n) is 7.31. The number of aromatic nitrogens is 1. The molecule has 0 saturated carbocycles. The Labute approximate surface area is 122 Å². The molecule has 0 aliphatic carbocycles. The van der Waals surface area contributed by atoms with E-state index in [1.807, 2.05) is 6.20 Å². The molecule has 0 radical (unpaired) electrons. The minimum Gasteiger partial charge on any atom is -0.376 e. The Kier molecular flexibility index (Phi) is 4.66. The smallest absolute Gasteiger partial charge is 0.103 e. The van der Waals surface area contributed by atoms with Gasteiger partial charge in [0.25, 0.3) is 0 Å². The molecule has 4 nitrogen and oxygen atoms in total. The van der Waals surface area contributed by atoms with Crippen LogP contribution in [0.1, 0.15) is 39.3 Å². The summed E-state index contributed by atoms with van der Waals surface area (Å²) < 4.78 is 11.4. The van der Waals surface area contributed by atoms with E-state index in [1.54, 1.807) is 7.11 Å². The lowest BCUT2D eigenvalue weighted by atomic mass is 9.99. The molecule has 4 heteroatoms. The number of hydrogen-bond acceptors (Lipinski definition) is 4. The van der Waals surface area contributed by atoms with Gasteiger partial charge < -0.3 is 14.4 Å². The van der Waals surface area contributed by atoms with Crippen LogP contribution >= 0.6 is 0 Å². The molecule has 20 heavy (non-hydrogen) atoms. The molecule has 1 saturated heterocycles. The zero-order valence-electron chi connectivity index (χ0n) is 13.2. The van der Waals surface area contributed by atoms with Crippen molar-refractivity contribution in [2.45, 2.75) is 45.3 Å². The fourth-order valence-electron chi connectivity index (χ4n) is 2.36. The molecule has 1 unspecified atom stereocenters. The third-order valence-electron chi connectivity index (χ3n) is 4.10. The molecule has 112 valence electrons. The van der Waals surface area contributed by atoms with Crippen LogP contribution in [0.4, 0.5) is 5.69 Å². The van der Waals surface area contributed by atoms with Crippen LogP contribution in [0.25, 0.3) is 0 Å². The van der Waals surface area contributed by atoms with Gasteiger partial charge in [-0.05, 0) is 31.9 Å². The van der Waals surface area contributed by atoms with Crippen molar-refractivity contribution in [2.75, 3.05) is 31.7 Å². The van der Waals surface area contributed by atoms with Crippen molar-refractivity contribution in [1.82, 2.24) is 4.98 Å². The van der Waals surface area contributed by atoms with Gasteiger partial charge in [-0.1, -0.05) is 13.8 Å². The second kappa shape index (κ2) is 6.10. The highest BCUT2D eigenvalue weighted by Crippen LogP contribution is 2.25. The number of pyridine rings is 1. The zero-order chi connectivity index (χ0) is 14.8. The van der Waals surface area contributed by atoms with E-state index in [-0.39, 0.29) is 11.7 Å². The third-order valence-corrected chi connectivity index (χ3v) is 4.10. The first-order valence-corrected chi connectivity index (χ1v) is 7.31. The van der Waals surface area contributed by atoms with Gasteiger partial charge in [0.1, 0.15) is 6.10 Å². The molecular weight excluding hydrogens is 252 g/mol. The standard InChI is InChI=1S/C16H26N2O2/c1-12(2)14-7-6-13(10-17-14)18-8-9-20-15(11-18)16(3,4)19-5/h6-7,10,12,15H,8-9,11H2,1-5H3. The van der Waals surface area contributed by atoms with Crippen LogP contribution < -0.4 is 4.90 Å². The summed E-state index contributed by atoms with van der Waals surface area (Å²) in [5.74, 6) is 0.467. The van der Waals surface area contributed by atoms with Crippen molar-refractivity contribution in [1.29, 1.82) is 0 Å². The number of rotatable bonds is 4. The SMILES string of the molecule is COC(C)(C)C1CN(c2ccc(C(C)C)nc2)CCO1. The molecule has 0 aromatic carbocycles. The van der Waals surface area contributed by atoms with Crippen molar-refractivity contribution in [2.24, 2.45) is 0 Å². The Hall–Kier alpha value is -1.13. The predicted molar refractivity (Wildman–Crippen MR) is 81.4 cm³/mol. The molecule has 1 fully saturated rings. The maximum absolute atomic E-state index is 5.86. The Bertz CT molecular complexity index is 429. The predicted octanol–water partition coefficient (Wildman–Crippen LogP) is 2.84. The highest BCUT2D eigenvalue weighted by atomic mass is 16.5. The van der Waals surface area contributed by atoms with Gasteiger partial charge in [-0.2, -0.15) is 0 Å². The summed E-state index contributed by atoms with van der Waals surface area (Å²) in [6.07, 6.45) is 2.04. The monoisotopic (exact) mass is 278 g/mol. The van der Waals surface area contributed by atoms with Gasteiger partial charge >= 0.3 is 0 Å². The van der Waals surface area contributed by atoms with E-state index in [1.165, 1.54) is 0 Å². The van der Waals surface area contributed by atoms with Gasteiger partial charge in [-0.3, -0.25) is 4.98 Å². The minimum absolute atomic E-state index is 0.0750. The Balaban J connectivity index is 2.09. The normalized spacial score (nSPS) is 20.5. The number of hydrogen-bond donors (Lipinski definition) is 0. The molecular formula is C16H26N2O2. The van der Waals surface area contributed by atoms with Crippen LogP contribution in [0.3, 0.4) is 0 Å². The zero-order valence-corrected chi connectivity index (χ0v) is 13.2. The highest BCUT2D eigenvalue weighted by Gasteiger charge is 2.34. The molecule has 1 aromatic heterocycles. The average molecular weight is 278 g/mol. The van der Waals surface area contributed by atoms with Gasteiger partial charge in [0.2, 0.25) is 0 Å². The summed E-state index contributed by atoms with van der Waals surface area (Å²) in [5.41, 5.74) is 2.02. The summed E-state index contributed by atoms with van der Waals surface area (Å²) in [6, 6.07) is 4.27. The van der Waals surface area contributed by atoms with Crippen molar-refractivity contribution in [3.8, 4) is 0 Å². The van der Waals surface area contributed by atoms with E-state index < -0.39 is 0 Å². The number of morpholine rings is 1. The Morgan fingerprint density at radius 3 is 2.70 bits per heavy atom. The topological polar surface area (TPSA) is 34.6 Å². The number of methoxy groups -OCH3 is 1. The van der Waals surface area contributed by atoms with Gasteiger partial charge in [-0.25, -0.2) is 0 Å². The van der Waals surface area contributed by atoms with E-state index in [9.17, 15) is 0 Å². The maximum Gasteiger partial charge on any atom is 0.103 e. The Morgan fingerprint density at radius 1 is 1.40 bits per heavy atom. The molecule has 0 N–H and O–H groups in total. The molecule has 2 heterocycles. The lowest BCUT2D eigenvalue weighted by Crippen LogP contribution is -2.52. The van der Waals surface area contributed by atoms with Crippen LogP contribution in [0.15, 0.2) is 18.3 Å².